The standard InChI is InChI=1S/C12H13N3OS/c1-16-10-3-2-4-11(7-10)17-12-14-6-5-9(8-13)15-12/h2-7H,8,13H2,1H3. The van der Waals surface area contributed by atoms with Gasteiger partial charge in [0, 0.05) is 17.6 Å². The summed E-state index contributed by atoms with van der Waals surface area (Å²) >= 11 is 1.49. The van der Waals surface area contributed by atoms with Crippen molar-refractivity contribution in [2.24, 2.45) is 5.73 Å². The van der Waals surface area contributed by atoms with E-state index in [-0.39, 0.29) is 0 Å². The number of ether oxygens (including phenoxy) is 1. The van der Waals surface area contributed by atoms with Crippen LogP contribution in [-0.4, -0.2) is 17.1 Å². The van der Waals surface area contributed by atoms with E-state index in [2.05, 4.69) is 9.97 Å². The third-order valence-electron chi connectivity index (χ3n) is 2.15. The van der Waals surface area contributed by atoms with Crippen molar-refractivity contribution in [2.75, 3.05) is 7.11 Å². The minimum absolute atomic E-state index is 0.425. The van der Waals surface area contributed by atoms with E-state index < -0.39 is 0 Å². The Labute approximate surface area is 104 Å². The summed E-state index contributed by atoms with van der Waals surface area (Å²) in [5.41, 5.74) is 6.38. The van der Waals surface area contributed by atoms with Gasteiger partial charge in [-0.15, -0.1) is 0 Å². The highest BCUT2D eigenvalue weighted by molar-refractivity contribution is 7.99. The zero-order valence-electron chi connectivity index (χ0n) is 9.46. The predicted molar refractivity (Wildman–Crippen MR) is 67.0 cm³/mol. The number of hydrogen-bond acceptors (Lipinski definition) is 5. The smallest absolute Gasteiger partial charge is 0.192 e. The summed E-state index contributed by atoms with van der Waals surface area (Å²) in [5, 5.41) is 0.696. The van der Waals surface area contributed by atoms with Crippen LogP contribution in [0.25, 0.3) is 0 Å². The van der Waals surface area contributed by atoms with Gasteiger partial charge in [-0.1, -0.05) is 6.07 Å². The van der Waals surface area contributed by atoms with Gasteiger partial charge in [0.1, 0.15) is 5.75 Å². The Hall–Kier alpha value is -1.59. The summed E-state index contributed by atoms with van der Waals surface area (Å²) in [6, 6.07) is 9.60. The van der Waals surface area contributed by atoms with Crippen LogP contribution in [-0.2, 0) is 6.54 Å². The molecule has 0 amide bonds. The average Bonchev–Trinajstić information content (AvgIpc) is 2.39. The van der Waals surface area contributed by atoms with Crippen LogP contribution in [0.3, 0.4) is 0 Å². The van der Waals surface area contributed by atoms with Crippen molar-refractivity contribution in [1.29, 1.82) is 0 Å². The lowest BCUT2D eigenvalue weighted by Crippen LogP contribution is -2.00. The van der Waals surface area contributed by atoms with Crippen molar-refractivity contribution < 1.29 is 4.74 Å². The number of benzene rings is 1. The van der Waals surface area contributed by atoms with Crippen molar-refractivity contribution in [1.82, 2.24) is 9.97 Å². The van der Waals surface area contributed by atoms with E-state index >= 15 is 0 Å². The monoisotopic (exact) mass is 247 g/mol. The van der Waals surface area contributed by atoms with Crippen LogP contribution in [0.15, 0.2) is 46.6 Å². The van der Waals surface area contributed by atoms with Gasteiger partial charge in [-0.05, 0) is 36.0 Å². The molecule has 1 aromatic heterocycles. The van der Waals surface area contributed by atoms with E-state index in [4.69, 9.17) is 10.5 Å². The first-order valence-corrected chi connectivity index (χ1v) is 5.97. The number of hydrogen-bond donors (Lipinski definition) is 1. The highest BCUT2D eigenvalue weighted by atomic mass is 32.2. The molecule has 17 heavy (non-hydrogen) atoms. The molecule has 0 aliphatic heterocycles. The molecule has 2 aromatic rings. The van der Waals surface area contributed by atoms with Crippen LogP contribution in [0.2, 0.25) is 0 Å². The summed E-state index contributed by atoms with van der Waals surface area (Å²) in [6.45, 7) is 0.425. The topological polar surface area (TPSA) is 61.0 Å². The van der Waals surface area contributed by atoms with Crippen molar-refractivity contribution in [3.8, 4) is 5.75 Å². The Morgan fingerprint density at radius 1 is 1.35 bits per heavy atom. The van der Waals surface area contributed by atoms with Gasteiger partial charge in [-0.3, -0.25) is 0 Å². The van der Waals surface area contributed by atoms with Crippen molar-refractivity contribution in [3.05, 3.63) is 42.2 Å². The Kier molecular flexibility index (Phi) is 3.95. The van der Waals surface area contributed by atoms with Gasteiger partial charge in [-0.25, -0.2) is 9.97 Å². The van der Waals surface area contributed by atoms with Crippen LogP contribution < -0.4 is 10.5 Å². The fourth-order valence-electron chi connectivity index (χ4n) is 1.31. The molecule has 0 radical (unpaired) electrons. The quantitative estimate of drug-likeness (QED) is 0.838. The zero-order chi connectivity index (χ0) is 12.1. The van der Waals surface area contributed by atoms with Gasteiger partial charge in [0.15, 0.2) is 5.16 Å². The number of aromatic nitrogens is 2. The molecule has 0 unspecified atom stereocenters. The Morgan fingerprint density at radius 3 is 3.00 bits per heavy atom. The van der Waals surface area contributed by atoms with Gasteiger partial charge in [-0.2, -0.15) is 0 Å². The minimum atomic E-state index is 0.425. The molecule has 0 bridgehead atoms. The van der Waals surface area contributed by atoms with E-state index in [1.54, 1.807) is 13.3 Å². The number of nitrogens with two attached hydrogens (primary N) is 1. The lowest BCUT2D eigenvalue weighted by molar-refractivity contribution is 0.413. The molecule has 1 aromatic carbocycles. The van der Waals surface area contributed by atoms with Gasteiger partial charge in [0.05, 0.1) is 12.8 Å². The molecular weight excluding hydrogens is 234 g/mol. The van der Waals surface area contributed by atoms with Gasteiger partial charge in [0.2, 0.25) is 0 Å². The van der Waals surface area contributed by atoms with Crippen LogP contribution >= 0.6 is 11.8 Å². The number of methoxy groups -OCH3 is 1. The summed E-state index contributed by atoms with van der Waals surface area (Å²) in [6.07, 6.45) is 1.72. The van der Waals surface area contributed by atoms with E-state index in [1.807, 2.05) is 30.3 Å². The fraction of sp³-hybridized carbons (Fsp3) is 0.167. The first kappa shape index (κ1) is 11.9. The van der Waals surface area contributed by atoms with Crippen LogP contribution in [0.5, 0.6) is 5.75 Å². The van der Waals surface area contributed by atoms with E-state index in [9.17, 15) is 0 Å². The first-order chi connectivity index (χ1) is 8.31. The Morgan fingerprint density at radius 2 is 2.24 bits per heavy atom. The maximum atomic E-state index is 5.54. The summed E-state index contributed by atoms with van der Waals surface area (Å²) in [5.74, 6) is 0.824. The van der Waals surface area contributed by atoms with E-state index in [0.717, 1.165) is 16.3 Å². The SMILES string of the molecule is COc1cccc(Sc2nccc(CN)n2)c1. The molecule has 1 heterocycles. The highest BCUT2D eigenvalue weighted by Crippen LogP contribution is 2.27. The maximum Gasteiger partial charge on any atom is 0.192 e. The van der Waals surface area contributed by atoms with Crippen molar-refractivity contribution >= 4 is 11.8 Å². The third-order valence-corrected chi connectivity index (χ3v) is 3.02. The van der Waals surface area contributed by atoms with Gasteiger partial charge in [0.25, 0.3) is 0 Å². The third kappa shape index (κ3) is 3.18. The van der Waals surface area contributed by atoms with Crippen molar-refractivity contribution in [2.45, 2.75) is 16.6 Å². The van der Waals surface area contributed by atoms with E-state index in [1.165, 1.54) is 11.8 Å². The molecule has 2 rings (SSSR count). The number of nitrogens with zero attached hydrogens (tertiary/aromatic N) is 2. The molecule has 0 atom stereocenters. The lowest BCUT2D eigenvalue weighted by atomic mass is 10.3. The summed E-state index contributed by atoms with van der Waals surface area (Å²) in [7, 11) is 1.65. The predicted octanol–water partition coefficient (Wildman–Crippen LogP) is 2.10. The number of rotatable bonds is 4. The molecular formula is C12H13N3OS. The molecule has 0 aliphatic carbocycles. The zero-order valence-corrected chi connectivity index (χ0v) is 10.3. The molecule has 5 heteroatoms. The van der Waals surface area contributed by atoms with Gasteiger partial charge >= 0.3 is 0 Å². The molecule has 4 nitrogen and oxygen atoms in total. The molecule has 88 valence electrons. The molecule has 2 N–H and O–H groups in total. The Bertz CT molecular complexity index is 459. The average molecular weight is 247 g/mol. The molecule has 0 saturated heterocycles. The Balaban J connectivity index is 2.18. The second kappa shape index (κ2) is 5.65. The van der Waals surface area contributed by atoms with Crippen LogP contribution in [0.4, 0.5) is 0 Å². The maximum absolute atomic E-state index is 5.54. The molecule has 0 aliphatic rings. The second-order valence-corrected chi connectivity index (χ2v) is 4.36. The van der Waals surface area contributed by atoms with E-state index in [0.29, 0.717) is 11.7 Å². The normalized spacial score (nSPS) is 10.2. The minimum Gasteiger partial charge on any atom is -0.497 e. The molecule has 0 fully saturated rings. The molecule has 0 spiro atoms. The van der Waals surface area contributed by atoms with Gasteiger partial charge < -0.3 is 10.5 Å². The summed E-state index contributed by atoms with van der Waals surface area (Å²) < 4.78 is 5.16. The van der Waals surface area contributed by atoms with Crippen LogP contribution in [0.1, 0.15) is 5.69 Å². The highest BCUT2D eigenvalue weighted by Gasteiger charge is 2.02. The fourth-order valence-corrected chi connectivity index (χ4v) is 2.12. The summed E-state index contributed by atoms with van der Waals surface area (Å²) in [4.78, 5) is 9.56. The first-order valence-electron chi connectivity index (χ1n) is 5.15. The largest absolute Gasteiger partial charge is 0.497 e. The molecule has 0 saturated carbocycles. The second-order valence-electron chi connectivity index (χ2n) is 3.32. The van der Waals surface area contributed by atoms with Crippen molar-refractivity contribution in [3.63, 3.8) is 0 Å². The lowest BCUT2D eigenvalue weighted by Gasteiger charge is -2.04. The van der Waals surface area contributed by atoms with Crippen LogP contribution in [0, 0.1) is 0 Å².